The second-order valence-electron chi connectivity index (χ2n) is 6.28. The van der Waals surface area contributed by atoms with Crippen LogP contribution in [0.4, 0.5) is 34.1 Å². The molecule has 1 N–H and O–H groups in total. The van der Waals surface area contributed by atoms with Gasteiger partial charge < -0.3 is 15.0 Å². The Morgan fingerprint density at radius 1 is 1.06 bits per heavy atom. The summed E-state index contributed by atoms with van der Waals surface area (Å²) in [5, 5.41) is 32.8. The van der Waals surface area contributed by atoms with Crippen molar-refractivity contribution in [1.29, 1.82) is 0 Å². The van der Waals surface area contributed by atoms with Crippen LogP contribution in [0.1, 0.15) is 20.8 Å². The van der Waals surface area contributed by atoms with E-state index in [1.165, 1.54) is 14.0 Å². The Morgan fingerprint density at radius 3 is 2.23 bits per heavy atom. The predicted octanol–water partition coefficient (Wildman–Crippen LogP) is 4.73. The topological polar surface area (TPSA) is 153 Å². The van der Waals surface area contributed by atoms with Crippen molar-refractivity contribution in [3.63, 3.8) is 0 Å². The molecule has 2 aromatic carbocycles. The van der Waals surface area contributed by atoms with E-state index in [4.69, 9.17) is 4.74 Å². The van der Waals surface area contributed by atoms with Crippen molar-refractivity contribution in [3.05, 3.63) is 50.6 Å². The molecule has 2 aromatic rings. The van der Waals surface area contributed by atoms with Gasteiger partial charge >= 0.3 is 5.69 Å². The van der Waals surface area contributed by atoms with Gasteiger partial charge in [-0.3, -0.25) is 25.0 Å². The average Bonchev–Trinajstić information content (AvgIpc) is 2.73. The zero-order valence-corrected chi connectivity index (χ0v) is 17.5. The number of carbonyl (C=O) groups excluding carboxylic acids is 1. The number of amides is 1. The molecule has 164 valence electrons. The Kier molecular flexibility index (Phi) is 7.55. The number of methoxy groups -OCH3 is 1. The normalized spacial score (nSPS) is 10.7. The molecular formula is C19H22N6O6. The minimum atomic E-state index is -0.778. The Bertz CT molecular complexity index is 1030. The molecule has 2 rings (SSSR count). The summed E-state index contributed by atoms with van der Waals surface area (Å²) in [5.74, 6) is 0.137. The van der Waals surface area contributed by atoms with Crippen LogP contribution in [0.15, 0.2) is 40.6 Å². The summed E-state index contributed by atoms with van der Waals surface area (Å²) in [5.41, 5.74) is 0.104. The third-order valence-electron chi connectivity index (χ3n) is 4.34. The maximum atomic E-state index is 11.7. The smallest absolute Gasteiger partial charge is 0.303 e. The average molecular weight is 430 g/mol. The number of hydrogen-bond donors (Lipinski definition) is 1. The van der Waals surface area contributed by atoms with Crippen LogP contribution in [0.5, 0.6) is 5.75 Å². The first-order chi connectivity index (χ1) is 14.7. The van der Waals surface area contributed by atoms with Crippen molar-refractivity contribution < 1.29 is 19.4 Å². The lowest BCUT2D eigenvalue weighted by Gasteiger charge is -2.24. The summed E-state index contributed by atoms with van der Waals surface area (Å²) in [7, 11) is 1.49. The summed E-state index contributed by atoms with van der Waals surface area (Å²) in [6.07, 6.45) is 0. The van der Waals surface area contributed by atoms with Gasteiger partial charge in [0.1, 0.15) is 11.4 Å². The predicted molar refractivity (Wildman–Crippen MR) is 115 cm³/mol. The number of azo groups is 1. The maximum Gasteiger partial charge on any atom is 0.303 e. The zero-order chi connectivity index (χ0) is 23.1. The molecule has 12 heteroatoms. The molecule has 0 aliphatic rings. The van der Waals surface area contributed by atoms with Crippen molar-refractivity contribution in [1.82, 2.24) is 0 Å². The number of non-ortho nitro benzene ring substituents is 1. The van der Waals surface area contributed by atoms with Crippen LogP contribution in [-0.2, 0) is 4.79 Å². The molecule has 0 radical (unpaired) electrons. The van der Waals surface area contributed by atoms with Crippen molar-refractivity contribution in [2.45, 2.75) is 20.8 Å². The third-order valence-corrected chi connectivity index (χ3v) is 4.34. The molecule has 0 aliphatic heterocycles. The lowest BCUT2D eigenvalue weighted by molar-refractivity contribution is -0.393. The highest BCUT2D eigenvalue weighted by Crippen LogP contribution is 2.40. The lowest BCUT2D eigenvalue weighted by atomic mass is 10.2. The minimum absolute atomic E-state index is 0.170. The molecule has 31 heavy (non-hydrogen) atoms. The fourth-order valence-corrected chi connectivity index (χ4v) is 2.87. The van der Waals surface area contributed by atoms with E-state index in [-0.39, 0.29) is 17.3 Å². The fraction of sp³-hybridized carbons (Fsp3) is 0.316. The SMILES string of the molecule is CCN(CC)c1cc(NC(C)=O)c(N=Nc2ccc([N+](=O)[O-])cc2[N+](=O)[O-])cc1OC. The number of benzene rings is 2. The number of nitro groups is 2. The molecule has 0 aliphatic carbocycles. The fourth-order valence-electron chi connectivity index (χ4n) is 2.87. The molecule has 0 heterocycles. The molecule has 0 saturated heterocycles. The van der Waals surface area contributed by atoms with E-state index in [1.807, 2.05) is 18.7 Å². The summed E-state index contributed by atoms with van der Waals surface area (Å²) >= 11 is 0. The van der Waals surface area contributed by atoms with E-state index in [2.05, 4.69) is 15.5 Å². The van der Waals surface area contributed by atoms with Gasteiger partial charge in [-0.25, -0.2) is 0 Å². The Morgan fingerprint density at radius 2 is 1.71 bits per heavy atom. The number of nitro benzene ring substituents is 2. The van der Waals surface area contributed by atoms with E-state index in [9.17, 15) is 25.0 Å². The first kappa shape index (κ1) is 23.2. The largest absolute Gasteiger partial charge is 0.494 e. The second kappa shape index (κ2) is 10.1. The van der Waals surface area contributed by atoms with Crippen LogP contribution >= 0.6 is 0 Å². The number of anilines is 2. The van der Waals surface area contributed by atoms with Gasteiger partial charge in [-0.05, 0) is 26.0 Å². The van der Waals surface area contributed by atoms with Crippen molar-refractivity contribution in [3.8, 4) is 5.75 Å². The summed E-state index contributed by atoms with van der Waals surface area (Å²) < 4.78 is 5.45. The standard InChI is InChI=1S/C19H22N6O6/c1-5-23(6-2)18-10-15(20-12(3)26)16(11-19(18)31-4)22-21-14-8-7-13(24(27)28)9-17(14)25(29)30/h7-11H,5-6H2,1-4H3,(H,20,26). The van der Waals surface area contributed by atoms with Crippen molar-refractivity contribution >= 4 is 40.0 Å². The number of rotatable bonds is 9. The van der Waals surface area contributed by atoms with Gasteiger partial charge in [0.25, 0.3) is 5.69 Å². The van der Waals surface area contributed by atoms with Gasteiger partial charge in [0.2, 0.25) is 5.91 Å². The van der Waals surface area contributed by atoms with Crippen LogP contribution in [0.3, 0.4) is 0 Å². The maximum absolute atomic E-state index is 11.7. The molecule has 0 unspecified atom stereocenters. The van der Waals surface area contributed by atoms with Crippen LogP contribution in [0.25, 0.3) is 0 Å². The van der Waals surface area contributed by atoms with Gasteiger partial charge in [0, 0.05) is 32.1 Å². The van der Waals surface area contributed by atoms with E-state index in [1.54, 1.807) is 12.1 Å². The molecule has 0 spiro atoms. The number of carbonyl (C=O) groups is 1. The minimum Gasteiger partial charge on any atom is -0.494 e. The van der Waals surface area contributed by atoms with Crippen LogP contribution in [-0.4, -0.2) is 36.0 Å². The first-order valence-corrected chi connectivity index (χ1v) is 9.30. The van der Waals surface area contributed by atoms with Crippen LogP contribution < -0.4 is 15.0 Å². The van der Waals surface area contributed by atoms with Gasteiger partial charge in [0.15, 0.2) is 5.69 Å². The molecular weight excluding hydrogens is 408 g/mol. The number of hydrogen-bond acceptors (Lipinski definition) is 9. The van der Waals surface area contributed by atoms with Gasteiger partial charge in [-0.15, -0.1) is 10.2 Å². The van der Waals surface area contributed by atoms with E-state index in [0.717, 1.165) is 23.9 Å². The number of nitrogens with zero attached hydrogens (tertiary/aromatic N) is 5. The summed E-state index contributed by atoms with van der Waals surface area (Å²) in [6.45, 7) is 6.68. The highest BCUT2D eigenvalue weighted by molar-refractivity contribution is 5.93. The van der Waals surface area contributed by atoms with Crippen molar-refractivity contribution in [2.75, 3.05) is 30.4 Å². The van der Waals surface area contributed by atoms with Gasteiger partial charge in [-0.1, -0.05) is 0 Å². The Hall–Kier alpha value is -4.09. The molecule has 0 atom stereocenters. The monoisotopic (exact) mass is 430 g/mol. The van der Waals surface area contributed by atoms with Crippen LogP contribution in [0.2, 0.25) is 0 Å². The first-order valence-electron chi connectivity index (χ1n) is 9.30. The highest BCUT2D eigenvalue weighted by Gasteiger charge is 2.20. The molecule has 0 aromatic heterocycles. The number of nitrogens with one attached hydrogen (secondary N) is 1. The highest BCUT2D eigenvalue weighted by atomic mass is 16.6. The van der Waals surface area contributed by atoms with Gasteiger partial charge in [0.05, 0.1) is 34.4 Å². The van der Waals surface area contributed by atoms with E-state index >= 15 is 0 Å². The van der Waals surface area contributed by atoms with E-state index in [0.29, 0.717) is 24.5 Å². The molecule has 1 amide bonds. The quantitative estimate of drug-likeness (QED) is 0.343. The van der Waals surface area contributed by atoms with Gasteiger partial charge in [-0.2, -0.15) is 0 Å². The van der Waals surface area contributed by atoms with E-state index < -0.39 is 21.2 Å². The lowest BCUT2D eigenvalue weighted by Crippen LogP contribution is -2.22. The molecule has 0 saturated carbocycles. The Labute approximate surface area is 177 Å². The third kappa shape index (κ3) is 5.50. The molecule has 0 bridgehead atoms. The number of ether oxygens (including phenoxy) is 1. The second-order valence-corrected chi connectivity index (χ2v) is 6.28. The zero-order valence-electron chi connectivity index (χ0n) is 17.5. The van der Waals surface area contributed by atoms with Crippen molar-refractivity contribution in [2.24, 2.45) is 10.2 Å². The molecule has 12 nitrogen and oxygen atoms in total. The van der Waals surface area contributed by atoms with Crippen LogP contribution in [0, 0.1) is 20.2 Å². The summed E-state index contributed by atoms with van der Waals surface area (Å²) in [4.78, 5) is 34.4. The summed E-state index contributed by atoms with van der Waals surface area (Å²) in [6, 6.07) is 6.29. The molecule has 0 fully saturated rings. The Balaban J connectivity index is 2.59.